The fourth-order valence-electron chi connectivity index (χ4n) is 1.96. The van der Waals surface area contributed by atoms with Crippen molar-refractivity contribution in [1.29, 1.82) is 0 Å². The molecule has 0 amide bonds. The van der Waals surface area contributed by atoms with Crippen LogP contribution in [-0.2, 0) is 9.53 Å². The van der Waals surface area contributed by atoms with Crippen LogP contribution in [0.3, 0.4) is 0 Å². The van der Waals surface area contributed by atoms with Gasteiger partial charge < -0.3 is 10.1 Å². The van der Waals surface area contributed by atoms with Gasteiger partial charge in [-0.05, 0) is 25.7 Å². The lowest BCUT2D eigenvalue weighted by Gasteiger charge is -2.27. The molecule has 1 rings (SSSR count). The second-order valence-corrected chi connectivity index (χ2v) is 4.13. The van der Waals surface area contributed by atoms with Gasteiger partial charge in [0.2, 0.25) is 0 Å². The van der Waals surface area contributed by atoms with Crippen LogP contribution in [0, 0.1) is 11.8 Å². The van der Waals surface area contributed by atoms with Crippen molar-refractivity contribution in [3.05, 3.63) is 0 Å². The number of carbonyl (C=O) groups is 1. The molecule has 1 saturated carbocycles. The SMILES string of the molecule is CNC(=S)[C@H]1CC[C@H](C(=O)OC)CC1. The molecule has 4 heteroatoms. The van der Waals surface area contributed by atoms with Crippen molar-refractivity contribution in [2.75, 3.05) is 14.2 Å². The Labute approximate surface area is 90.2 Å². The van der Waals surface area contributed by atoms with Gasteiger partial charge >= 0.3 is 5.97 Å². The van der Waals surface area contributed by atoms with Crippen LogP contribution in [0.1, 0.15) is 25.7 Å². The van der Waals surface area contributed by atoms with E-state index in [2.05, 4.69) is 5.32 Å². The van der Waals surface area contributed by atoms with Crippen LogP contribution >= 0.6 is 12.2 Å². The van der Waals surface area contributed by atoms with Crippen LogP contribution in [0.25, 0.3) is 0 Å². The zero-order valence-electron chi connectivity index (χ0n) is 8.71. The van der Waals surface area contributed by atoms with Crippen molar-refractivity contribution in [2.45, 2.75) is 25.7 Å². The van der Waals surface area contributed by atoms with E-state index in [-0.39, 0.29) is 11.9 Å². The first-order valence-electron chi connectivity index (χ1n) is 4.98. The summed E-state index contributed by atoms with van der Waals surface area (Å²) in [4.78, 5) is 12.2. The van der Waals surface area contributed by atoms with Gasteiger partial charge in [0.1, 0.15) is 0 Å². The van der Waals surface area contributed by atoms with E-state index >= 15 is 0 Å². The largest absolute Gasteiger partial charge is 0.469 e. The summed E-state index contributed by atoms with van der Waals surface area (Å²) >= 11 is 5.18. The van der Waals surface area contributed by atoms with Crippen molar-refractivity contribution in [3.63, 3.8) is 0 Å². The molecule has 0 aromatic carbocycles. The Balaban J connectivity index is 2.38. The number of methoxy groups -OCH3 is 1. The maximum Gasteiger partial charge on any atom is 0.308 e. The third kappa shape index (κ3) is 2.67. The zero-order chi connectivity index (χ0) is 10.6. The minimum atomic E-state index is -0.0705. The Hall–Kier alpha value is -0.640. The standard InChI is InChI=1S/C10H17NO2S/c1-11-9(14)7-3-5-8(6-4-7)10(12)13-2/h7-8H,3-6H2,1-2H3,(H,11,14)/t7-,8-. The number of carbonyl (C=O) groups excluding carboxylic acids is 1. The quantitative estimate of drug-likeness (QED) is 0.560. The van der Waals surface area contributed by atoms with E-state index in [4.69, 9.17) is 17.0 Å². The maximum atomic E-state index is 11.2. The molecule has 1 aliphatic rings. The number of ether oxygens (including phenoxy) is 1. The first-order valence-corrected chi connectivity index (χ1v) is 5.39. The molecule has 0 aliphatic heterocycles. The van der Waals surface area contributed by atoms with Gasteiger partial charge in [-0.3, -0.25) is 4.79 Å². The van der Waals surface area contributed by atoms with E-state index in [0.29, 0.717) is 5.92 Å². The fraction of sp³-hybridized carbons (Fsp3) is 0.800. The predicted octanol–water partition coefficient (Wildman–Crippen LogP) is 1.51. The smallest absolute Gasteiger partial charge is 0.308 e. The van der Waals surface area contributed by atoms with Crippen LogP contribution in [0.2, 0.25) is 0 Å². The topological polar surface area (TPSA) is 38.3 Å². The molecular formula is C10H17NO2S. The molecule has 0 aromatic heterocycles. The third-order valence-corrected chi connectivity index (χ3v) is 3.42. The second kappa shape index (κ2) is 5.29. The monoisotopic (exact) mass is 215 g/mol. The average molecular weight is 215 g/mol. The zero-order valence-corrected chi connectivity index (χ0v) is 9.52. The lowest BCUT2D eigenvalue weighted by atomic mass is 9.82. The van der Waals surface area contributed by atoms with Crippen LogP contribution in [0.15, 0.2) is 0 Å². The van der Waals surface area contributed by atoms with Gasteiger partial charge in [-0.25, -0.2) is 0 Å². The number of rotatable bonds is 2. The summed E-state index contributed by atoms with van der Waals surface area (Å²) in [5.74, 6) is 0.477. The number of hydrogen-bond donors (Lipinski definition) is 1. The molecule has 0 bridgehead atoms. The van der Waals surface area contributed by atoms with Gasteiger partial charge in [-0.2, -0.15) is 0 Å². The van der Waals surface area contributed by atoms with Crippen molar-refractivity contribution < 1.29 is 9.53 Å². The van der Waals surface area contributed by atoms with Gasteiger partial charge in [0.25, 0.3) is 0 Å². The minimum Gasteiger partial charge on any atom is -0.469 e. The van der Waals surface area contributed by atoms with Gasteiger partial charge in [-0.15, -0.1) is 0 Å². The molecular weight excluding hydrogens is 198 g/mol. The number of hydrogen-bond acceptors (Lipinski definition) is 3. The molecule has 3 nitrogen and oxygen atoms in total. The Morgan fingerprint density at radius 3 is 2.21 bits per heavy atom. The molecule has 0 radical (unpaired) electrons. The molecule has 0 atom stereocenters. The molecule has 0 aromatic rings. The Morgan fingerprint density at radius 2 is 1.79 bits per heavy atom. The van der Waals surface area contributed by atoms with E-state index < -0.39 is 0 Å². The summed E-state index contributed by atoms with van der Waals surface area (Å²) in [5, 5.41) is 3.01. The molecule has 1 fully saturated rings. The number of esters is 1. The summed E-state index contributed by atoms with van der Waals surface area (Å²) in [6.45, 7) is 0. The minimum absolute atomic E-state index is 0.0705. The fourth-order valence-corrected chi connectivity index (χ4v) is 2.20. The Morgan fingerprint density at radius 1 is 1.29 bits per heavy atom. The van der Waals surface area contributed by atoms with E-state index in [1.807, 2.05) is 7.05 Å². The molecule has 0 spiro atoms. The summed E-state index contributed by atoms with van der Waals surface area (Å²) < 4.78 is 4.72. The summed E-state index contributed by atoms with van der Waals surface area (Å²) in [5.41, 5.74) is 0. The van der Waals surface area contributed by atoms with Crippen molar-refractivity contribution in [3.8, 4) is 0 Å². The second-order valence-electron chi connectivity index (χ2n) is 3.69. The number of nitrogens with one attached hydrogen (secondary N) is 1. The summed E-state index contributed by atoms with van der Waals surface area (Å²) in [6, 6.07) is 0. The molecule has 14 heavy (non-hydrogen) atoms. The van der Waals surface area contributed by atoms with Crippen molar-refractivity contribution in [2.24, 2.45) is 11.8 Å². The lowest BCUT2D eigenvalue weighted by molar-refractivity contribution is -0.146. The number of thiocarbonyl (C=S) groups is 1. The van der Waals surface area contributed by atoms with Gasteiger partial charge in [0, 0.05) is 13.0 Å². The Bertz CT molecular complexity index is 198. The van der Waals surface area contributed by atoms with E-state index in [9.17, 15) is 4.79 Å². The summed E-state index contributed by atoms with van der Waals surface area (Å²) in [7, 11) is 3.31. The van der Waals surface area contributed by atoms with E-state index in [1.165, 1.54) is 7.11 Å². The van der Waals surface area contributed by atoms with Crippen LogP contribution in [0.5, 0.6) is 0 Å². The molecule has 1 aliphatic carbocycles. The highest BCUT2D eigenvalue weighted by molar-refractivity contribution is 7.80. The van der Waals surface area contributed by atoms with E-state index in [0.717, 1.165) is 30.7 Å². The molecule has 80 valence electrons. The van der Waals surface area contributed by atoms with Crippen LogP contribution < -0.4 is 5.32 Å². The highest BCUT2D eigenvalue weighted by Crippen LogP contribution is 2.29. The van der Waals surface area contributed by atoms with Crippen molar-refractivity contribution >= 4 is 23.2 Å². The molecule has 0 unspecified atom stereocenters. The lowest BCUT2D eigenvalue weighted by Crippen LogP contribution is -2.31. The first kappa shape index (κ1) is 11.4. The molecule has 0 saturated heterocycles. The van der Waals surface area contributed by atoms with E-state index in [1.54, 1.807) is 0 Å². The van der Waals surface area contributed by atoms with Gasteiger partial charge in [0.05, 0.1) is 18.0 Å². The third-order valence-electron chi connectivity index (χ3n) is 2.88. The van der Waals surface area contributed by atoms with Crippen LogP contribution in [-0.4, -0.2) is 25.1 Å². The van der Waals surface area contributed by atoms with Crippen molar-refractivity contribution in [1.82, 2.24) is 5.32 Å². The first-order chi connectivity index (χ1) is 6.69. The highest BCUT2D eigenvalue weighted by Gasteiger charge is 2.28. The van der Waals surface area contributed by atoms with Gasteiger partial charge in [-0.1, -0.05) is 12.2 Å². The average Bonchev–Trinajstić information content (AvgIpc) is 2.27. The van der Waals surface area contributed by atoms with Gasteiger partial charge in [0.15, 0.2) is 0 Å². The normalized spacial score (nSPS) is 26.7. The predicted molar refractivity (Wildman–Crippen MR) is 59.1 cm³/mol. The van der Waals surface area contributed by atoms with Crippen LogP contribution in [0.4, 0.5) is 0 Å². The maximum absolute atomic E-state index is 11.2. The summed E-state index contributed by atoms with van der Waals surface area (Å²) in [6.07, 6.45) is 3.80. The molecule has 1 N–H and O–H groups in total. The highest BCUT2D eigenvalue weighted by atomic mass is 32.1. The molecule has 0 heterocycles. The Kier molecular flexibility index (Phi) is 4.32.